The fraction of sp³-hybridized carbons (Fsp3) is 0.962. The topological polar surface area (TPSA) is 66.8 Å². The van der Waals surface area contributed by atoms with Gasteiger partial charge in [0.15, 0.2) is 0 Å². The minimum atomic E-state index is -1.70. The second-order valence-corrected chi connectivity index (χ2v) is 9.09. The van der Waals surface area contributed by atoms with Gasteiger partial charge in [0.1, 0.15) is 6.61 Å². The van der Waals surface area contributed by atoms with Crippen LogP contribution in [0.25, 0.3) is 0 Å². The molecule has 0 aliphatic carbocycles. The van der Waals surface area contributed by atoms with E-state index in [4.69, 9.17) is 4.74 Å². The van der Waals surface area contributed by atoms with E-state index in [-0.39, 0.29) is 5.97 Å². The normalized spacial score (nSPS) is 13.3. The van der Waals surface area contributed by atoms with Gasteiger partial charge < -0.3 is 14.9 Å². The van der Waals surface area contributed by atoms with Gasteiger partial charge >= 0.3 is 5.97 Å². The van der Waals surface area contributed by atoms with Gasteiger partial charge in [-0.25, -0.2) is 0 Å². The molecule has 0 radical (unpaired) electrons. The molecule has 0 fully saturated rings. The average molecular weight is 429 g/mol. The van der Waals surface area contributed by atoms with Crippen molar-refractivity contribution in [2.75, 3.05) is 6.61 Å². The zero-order valence-corrected chi connectivity index (χ0v) is 20.3. The number of aliphatic hydroxyl groups is 2. The summed E-state index contributed by atoms with van der Waals surface area (Å²) in [6, 6.07) is 0. The molecule has 30 heavy (non-hydrogen) atoms. The first kappa shape index (κ1) is 29.4. The van der Waals surface area contributed by atoms with Crippen LogP contribution in [-0.4, -0.2) is 28.6 Å². The second-order valence-electron chi connectivity index (χ2n) is 9.09. The molecule has 0 aromatic carbocycles. The first-order valence-electron chi connectivity index (χ1n) is 13.1. The van der Waals surface area contributed by atoms with E-state index in [1.165, 1.54) is 83.5 Å². The quantitative estimate of drug-likeness (QED) is 0.101. The molecule has 0 rings (SSSR count). The lowest BCUT2D eigenvalue weighted by Crippen LogP contribution is -2.38. The van der Waals surface area contributed by atoms with Crippen molar-refractivity contribution in [3.8, 4) is 0 Å². The molecule has 4 heteroatoms. The lowest BCUT2D eigenvalue weighted by atomic mass is 10.0. The predicted octanol–water partition coefficient (Wildman–Crippen LogP) is 7.44. The smallest absolute Gasteiger partial charge is 0.308 e. The van der Waals surface area contributed by atoms with Crippen LogP contribution in [-0.2, 0) is 9.53 Å². The number of hydrogen-bond donors (Lipinski definition) is 2. The molecule has 180 valence electrons. The first-order valence-corrected chi connectivity index (χ1v) is 13.1. The van der Waals surface area contributed by atoms with Gasteiger partial charge in [0, 0.05) is 12.8 Å². The molecule has 0 bridgehead atoms. The van der Waals surface area contributed by atoms with Gasteiger partial charge in [0.2, 0.25) is 5.79 Å². The Bertz CT molecular complexity index is 372. The monoisotopic (exact) mass is 428 g/mol. The fourth-order valence-electron chi connectivity index (χ4n) is 3.89. The number of rotatable bonds is 23. The van der Waals surface area contributed by atoms with Crippen LogP contribution in [0.2, 0.25) is 0 Å². The summed E-state index contributed by atoms with van der Waals surface area (Å²) in [5.74, 6) is -2.09. The molecule has 0 aromatic rings. The summed E-state index contributed by atoms with van der Waals surface area (Å²) in [6.45, 7) is 3.95. The van der Waals surface area contributed by atoms with Crippen molar-refractivity contribution in [1.82, 2.24) is 0 Å². The molecule has 0 aliphatic rings. The van der Waals surface area contributed by atoms with E-state index in [1.807, 2.05) is 0 Å². The molecule has 0 spiro atoms. The average Bonchev–Trinajstić information content (AvgIpc) is 2.74. The van der Waals surface area contributed by atoms with Gasteiger partial charge in [-0.15, -0.1) is 0 Å². The Morgan fingerprint density at radius 2 is 1.00 bits per heavy atom. The minimum absolute atomic E-state index is 0.323. The highest BCUT2D eigenvalue weighted by Gasteiger charge is 2.29. The van der Waals surface area contributed by atoms with Crippen LogP contribution in [0.3, 0.4) is 0 Å². The van der Waals surface area contributed by atoms with Gasteiger partial charge in [-0.2, -0.15) is 0 Å². The Morgan fingerprint density at radius 3 is 1.40 bits per heavy atom. The molecule has 0 heterocycles. The van der Waals surface area contributed by atoms with Crippen molar-refractivity contribution >= 4 is 5.97 Å². The van der Waals surface area contributed by atoms with Gasteiger partial charge in [0.25, 0.3) is 0 Å². The summed E-state index contributed by atoms with van der Waals surface area (Å²) in [6.07, 6.45) is 23.5. The zero-order valence-electron chi connectivity index (χ0n) is 20.3. The van der Waals surface area contributed by atoms with E-state index < -0.39 is 12.4 Å². The van der Waals surface area contributed by atoms with E-state index in [0.717, 1.165) is 38.5 Å². The Kier molecular flexibility index (Phi) is 21.2. The molecular weight excluding hydrogens is 376 g/mol. The summed E-state index contributed by atoms with van der Waals surface area (Å²) in [5, 5.41) is 19.8. The van der Waals surface area contributed by atoms with Crippen LogP contribution in [0, 0.1) is 0 Å². The summed E-state index contributed by atoms with van der Waals surface area (Å²) < 4.78 is 5.21. The third-order valence-corrected chi connectivity index (χ3v) is 5.96. The van der Waals surface area contributed by atoms with Gasteiger partial charge in [-0.1, -0.05) is 123 Å². The number of esters is 1. The van der Waals surface area contributed by atoms with Crippen LogP contribution in [0.15, 0.2) is 0 Å². The highest BCUT2D eigenvalue weighted by atomic mass is 16.7. The van der Waals surface area contributed by atoms with E-state index in [2.05, 4.69) is 13.8 Å². The Balaban J connectivity index is 3.65. The molecule has 0 aromatic heterocycles. The molecule has 4 nitrogen and oxygen atoms in total. The van der Waals surface area contributed by atoms with Crippen LogP contribution in [0.5, 0.6) is 0 Å². The maximum Gasteiger partial charge on any atom is 0.308 e. The van der Waals surface area contributed by atoms with Crippen molar-refractivity contribution in [3.05, 3.63) is 0 Å². The van der Waals surface area contributed by atoms with Crippen LogP contribution < -0.4 is 0 Å². The largest absolute Gasteiger partial charge is 0.431 e. The van der Waals surface area contributed by atoms with Gasteiger partial charge in [-0.05, 0) is 12.8 Å². The third kappa shape index (κ3) is 19.4. The highest BCUT2D eigenvalue weighted by Crippen LogP contribution is 2.20. The fourth-order valence-corrected chi connectivity index (χ4v) is 3.89. The summed E-state index contributed by atoms with van der Waals surface area (Å²) in [7, 11) is 0. The minimum Gasteiger partial charge on any atom is -0.431 e. The SMILES string of the molecule is CCCCCCCCCCCCC(O)(CO)OC(=O)CCCCCCCCCCC. The molecule has 1 atom stereocenters. The van der Waals surface area contributed by atoms with E-state index in [0.29, 0.717) is 12.8 Å². The highest BCUT2D eigenvalue weighted by molar-refractivity contribution is 5.69. The zero-order chi connectivity index (χ0) is 22.3. The number of carbonyl (C=O) groups excluding carboxylic acids is 1. The maximum atomic E-state index is 12.0. The third-order valence-electron chi connectivity index (χ3n) is 5.96. The van der Waals surface area contributed by atoms with Crippen molar-refractivity contribution < 1.29 is 19.7 Å². The van der Waals surface area contributed by atoms with Crippen molar-refractivity contribution in [1.29, 1.82) is 0 Å². The standard InChI is InChI=1S/C26H52O4/c1-3-5-7-9-11-13-15-17-19-21-23-26(29,24-27)30-25(28)22-20-18-16-14-12-10-8-6-4-2/h27,29H,3-24H2,1-2H3. The molecule has 0 aliphatic heterocycles. The van der Waals surface area contributed by atoms with Crippen LogP contribution in [0.1, 0.15) is 149 Å². The number of hydrogen-bond acceptors (Lipinski definition) is 4. The number of aliphatic hydroxyl groups excluding tert-OH is 1. The van der Waals surface area contributed by atoms with Crippen molar-refractivity contribution in [3.63, 3.8) is 0 Å². The first-order chi connectivity index (χ1) is 14.6. The molecular formula is C26H52O4. The van der Waals surface area contributed by atoms with Gasteiger partial charge in [0.05, 0.1) is 0 Å². The lowest BCUT2D eigenvalue weighted by Gasteiger charge is -2.25. The Morgan fingerprint density at radius 1 is 0.633 bits per heavy atom. The molecule has 0 saturated carbocycles. The predicted molar refractivity (Wildman–Crippen MR) is 126 cm³/mol. The Labute approximate surface area is 187 Å². The summed E-state index contributed by atoms with van der Waals surface area (Å²) in [5.41, 5.74) is 0. The van der Waals surface area contributed by atoms with Crippen LogP contribution in [0.4, 0.5) is 0 Å². The Hall–Kier alpha value is -0.610. The second kappa shape index (κ2) is 21.6. The molecule has 1 unspecified atom stereocenters. The molecule has 0 saturated heterocycles. The summed E-state index contributed by atoms with van der Waals surface area (Å²) >= 11 is 0. The maximum absolute atomic E-state index is 12.0. The van der Waals surface area contributed by atoms with E-state index in [1.54, 1.807) is 0 Å². The number of unbranched alkanes of at least 4 members (excludes halogenated alkanes) is 17. The lowest BCUT2D eigenvalue weighted by molar-refractivity contribution is -0.226. The molecule has 0 amide bonds. The van der Waals surface area contributed by atoms with Crippen LogP contribution >= 0.6 is 0 Å². The van der Waals surface area contributed by atoms with Crippen molar-refractivity contribution in [2.24, 2.45) is 0 Å². The molecule has 2 N–H and O–H groups in total. The van der Waals surface area contributed by atoms with E-state index in [9.17, 15) is 15.0 Å². The summed E-state index contributed by atoms with van der Waals surface area (Å²) in [4.78, 5) is 12.0. The number of carbonyl (C=O) groups is 1. The number of ether oxygens (including phenoxy) is 1. The van der Waals surface area contributed by atoms with Crippen molar-refractivity contribution in [2.45, 2.75) is 154 Å². The van der Waals surface area contributed by atoms with E-state index >= 15 is 0 Å². The van der Waals surface area contributed by atoms with Gasteiger partial charge in [-0.3, -0.25) is 4.79 Å².